The molecular weight excluding hydrogens is 390 g/mol. The topological polar surface area (TPSA) is 122 Å². The smallest absolute Gasteiger partial charge is 0.289 e. The predicted molar refractivity (Wildman–Crippen MR) is 95.5 cm³/mol. The number of rotatable bonds is 7. The van der Waals surface area contributed by atoms with Gasteiger partial charge in [-0.05, 0) is 25.0 Å². The first-order valence-electron chi connectivity index (χ1n) is 7.28. The zero-order valence-corrected chi connectivity index (χ0v) is 15.8. The molecule has 0 aliphatic heterocycles. The van der Waals surface area contributed by atoms with Gasteiger partial charge in [-0.2, -0.15) is 0 Å². The van der Waals surface area contributed by atoms with E-state index in [9.17, 15) is 23.6 Å². The molecule has 2 N–H and O–H groups in total. The Kier molecular flexibility index (Phi) is 5.67. The number of hydrogen-bond donors (Lipinski definition) is 2. The zero-order valence-electron chi connectivity index (χ0n) is 13.4. The van der Waals surface area contributed by atoms with E-state index in [1.54, 1.807) is 19.2 Å². The molecule has 0 aliphatic carbocycles. The molecule has 8 nitrogen and oxygen atoms in total. The third-order valence-corrected chi connectivity index (χ3v) is 6.34. The number of nitro groups is 1. The number of nitrogens with one attached hydrogen (secondary N) is 1. The van der Waals surface area contributed by atoms with E-state index >= 15 is 0 Å². The number of halogens is 1. The normalized spacial score (nSPS) is 12.2. The van der Waals surface area contributed by atoms with Gasteiger partial charge in [0.05, 0.1) is 15.5 Å². The van der Waals surface area contributed by atoms with Crippen LogP contribution in [0.25, 0.3) is 0 Å². The molecule has 0 spiro atoms. The van der Waals surface area contributed by atoms with Gasteiger partial charge in [-0.25, -0.2) is 13.4 Å². The Morgan fingerprint density at radius 2 is 2.04 bits per heavy atom. The second kappa shape index (κ2) is 7.24. The second-order valence-electron chi connectivity index (χ2n) is 5.25. The lowest BCUT2D eigenvalue weighted by Gasteiger charge is -2.22. The van der Waals surface area contributed by atoms with Gasteiger partial charge in [0.1, 0.15) is 10.6 Å². The first-order valence-corrected chi connectivity index (χ1v) is 10.0. The van der Waals surface area contributed by atoms with Gasteiger partial charge in [-0.15, -0.1) is 11.3 Å². The fourth-order valence-electron chi connectivity index (χ4n) is 2.12. The van der Waals surface area contributed by atoms with Gasteiger partial charge in [0.15, 0.2) is 5.13 Å². The quantitative estimate of drug-likeness (QED) is 0.536. The molecule has 0 bridgehead atoms. The summed E-state index contributed by atoms with van der Waals surface area (Å²) in [4.78, 5) is 14.0. The van der Waals surface area contributed by atoms with Crippen molar-refractivity contribution in [2.75, 3.05) is 4.72 Å². The minimum absolute atomic E-state index is 0.0629. The molecule has 11 heteroatoms. The van der Waals surface area contributed by atoms with Crippen molar-refractivity contribution in [1.82, 2.24) is 4.98 Å². The number of hydrogen-bond acceptors (Lipinski definition) is 7. The van der Waals surface area contributed by atoms with E-state index in [-0.39, 0.29) is 15.0 Å². The van der Waals surface area contributed by atoms with Gasteiger partial charge in [-0.1, -0.05) is 25.4 Å². The lowest BCUT2D eigenvalue weighted by atomic mass is 9.94. The second-order valence-corrected chi connectivity index (χ2v) is 8.20. The molecule has 2 rings (SSSR count). The van der Waals surface area contributed by atoms with Gasteiger partial charge in [0, 0.05) is 11.4 Å². The van der Waals surface area contributed by atoms with Gasteiger partial charge < -0.3 is 5.11 Å². The molecule has 0 saturated carbocycles. The largest absolute Gasteiger partial charge is 0.384 e. The summed E-state index contributed by atoms with van der Waals surface area (Å²) in [5.41, 5.74) is -1.25. The molecule has 0 atom stereocenters. The molecule has 0 fully saturated rings. The summed E-state index contributed by atoms with van der Waals surface area (Å²) in [5.74, 6) is 0. The summed E-state index contributed by atoms with van der Waals surface area (Å²) < 4.78 is 27.1. The predicted octanol–water partition coefficient (Wildman–Crippen LogP) is 3.51. The number of benzene rings is 1. The molecule has 2 aromatic rings. The Morgan fingerprint density at radius 3 is 2.60 bits per heavy atom. The van der Waals surface area contributed by atoms with Crippen LogP contribution in [0.2, 0.25) is 5.02 Å². The molecule has 0 saturated heterocycles. The maximum absolute atomic E-state index is 12.4. The standard InChI is InChI=1S/C14H16ClN3O5S2/c1-3-14(19,4-2)12-8-24-13(16-12)17-25(22,23)9-5-6-10(15)11(7-9)18(20)21/h5-8,19H,3-4H2,1-2H3,(H,16,17). The molecule has 0 radical (unpaired) electrons. The highest BCUT2D eigenvalue weighted by atomic mass is 35.5. The van der Waals surface area contributed by atoms with Crippen LogP contribution in [-0.4, -0.2) is 23.4 Å². The molecule has 0 aliphatic rings. The maximum atomic E-state index is 12.4. The summed E-state index contributed by atoms with van der Waals surface area (Å²) in [7, 11) is -4.08. The van der Waals surface area contributed by atoms with Gasteiger partial charge >= 0.3 is 0 Å². The van der Waals surface area contributed by atoms with Crippen LogP contribution in [0.1, 0.15) is 32.4 Å². The Hall–Kier alpha value is -1.75. The fraction of sp³-hybridized carbons (Fsp3) is 0.357. The summed E-state index contributed by atoms with van der Waals surface area (Å²) >= 11 is 6.71. The molecule has 1 heterocycles. The SMILES string of the molecule is CCC(O)(CC)c1csc(NS(=O)(=O)c2ccc(Cl)c([N+](=O)[O-])c2)n1. The minimum atomic E-state index is -4.08. The van der Waals surface area contributed by atoms with Crippen molar-refractivity contribution >= 4 is 43.8 Å². The third-order valence-electron chi connectivity index (χ3n) is 3.80. The minimum Gasteiger partial charge on any atom is -0.384 e. The monoisotopic (exact) mass is 405 g/mol. The Bertz CT molecular complexity index is 894. The lowest BCUT2D eigenvalue weighted by molar-refractivity contribution is -0.384. The van der Waals surface area contributed by atoms with E-state index in [4.69, 9.17) is 11.6 Å². The highest BCUT2D eigenvalue weighted by Gasteiger charge is 2.29. The summed E-state index contributed by atoms with van der Waals surface area (Å²) in [6, 6.07) is 3.20. The molecule has 1 aromatic heterocycles. The number of aliphatic hydroxyl groups is 1. The van der Waals surface area contributed by atoms with Crippen molar-refractivity contribution in [3.8, 4) is 0 Å². The van der Waals surface area contributed by atoms with Crippen LogP contribution in [-0.2, 0) is 15.6 Å². The number of thiazole rings is 1. The summed E-state index contributed by atoms with van der Waals surface area (Å²) in [6.07, 6.45) is 0.867. The highest BCUT2D eigenvalue weighted by molar-refractivity contribution is 7.93. The van der Waals surface area contributed by atoms with Crippen LogP contribution in [0.5, 0.6) is 0 Å². The first kappa shape index (κ1) is 19.6. The van der Waals surface area contributed by atoms with Gasteiger partial charge in [-0.3, -0.25) is 14.8 Å². The van der Waals surface area contributed by atoms with E-state index in [1.807, 2.05) is 0 Å². The van der Waals surface area contributed by atoms with Crippen molar-refractivity contribution in [1.29, 1.82) is 0 Å². The number of aromatic nitrogens is 1. The molecule has 136 valence electrons. The maximum Gasteiger partial charge on any atom is 0.289 e. The Morgan fingerprint density at radius 1 is 1.40 bits per heavy atom. The highest BCUT2D eigenvalue weighted by Crippen LogP contribution is 2.32. The van der Waals surface area contributed by atoms with Crippen LogP contribution in [0, 0.1) is 10.1 Å². The van der Waals surface area contributed by atoms with Gasteiger partial charge in [0.2, 0.25) is 0 Å². The van der Waals surface area contributed by atoms with E-state index in [0.29, 0.717) is 18.5 Å². The number of nitrogens with zero attached hydrogens (tertiary/aromatic N) is 2. The summed E-state index contributed by atoms with van der Waals surface area (Å²) in [6.45, 7) is 3.61. The van der Waals surface area contributed by atoms with E-state index in [2.05, 4.69) is 9.71 Å². The first-order chi connectivity index (χ1) is 11.6. The van der Waals surface area contributed by atoms with Crippen molar-refractivity contribution in [3.63, 3.8) is 0 Å². The van der Waals surface area contributed by atoms with E-state index in [0.717, 1.165) is 23.5 Å². The molecule has 0 amide bonds. The van der Waals surface area contributed by atoms with Crippen molar-refractivity contribution < 1.29 is 18.4 Å². The van der Waals surface area contributed by atoms with Gasteiger partial charge in [0.25, 0.3) is 15.7 Å². The van der Waals surface area contributed by atoms with Crippen LogP contribution in [0.3, 0.4) is 0 Å². The summed E-state index contributed by atoms with van der Waals surface area (Å²) in [5, 5.41) is 22.8. The molecular formula is C14H16ClN3O5S2. The van der Waals surface area contributed by atoms with Crippen molar-refractivity contribution in [2.45, 2.75) is 37.2 Å². The number of nitro benzene ring substituents is 1. The fourth-order valence-corrected chi connectivity index (χ4v) is 4.38. The van der Waals surface area contributed by atoms with E-state index < -0.39 is 26.2 Å². The lowest BCUT2D eigenvalue weighted by Crippen LogP contribution is -2.24. The third kappa shape index (κ3) is 4.09. The molecule has 25 heavy (non-hydrogen) atoms. The number of sulfonamides is 1. The number of anilines is 1. The molecule has 0 unspecified atom stereocenters. The van der Waals surface area contributed by atoms with Crippen LogP contribution >= 0.6 is 22.9 Å². The molecule has 1 aromatic carbocycles. The van der Waals surface area contributed by atoms with Crippen LogP contribution in [0.15, 0.2) is 28.5 Å². The average Bonchev–Trinajstić information content (AvgIpc) is 3.02. The average molecular weight is 406 g/mol. The zero-order chi connectivity index (χ0) is 18.8. The van der Waals surface area contributed by atoms with E-state index in [1.165, 1.54) is 6.07 Å². The van der Waals surface area contributed by atoms with Crippen molar-refractivity contribution in [2.24, 2.45) is 0 Å². The van der Waals surface area contributed by atoms with Crippen molar-refractivity contribution in [3.05, 3.63) is 44.4 Å². The van der Waals surface area contributed by atoms with Crippen LogP contribution in [0.4, 0.5) is 10.8 Å². The van der Waals surface area contributed by atoms with Crippen LogP contribution < -0.4 is 4.72 Å². The Balaban J connectivity index is 2.33. The Labute approximate surface area is 153 Å².